The molecule has 0 fully saturated rings. The summed E-state index contributed by atoms with van der Waals surface area (Å²) >= 11 is 0. The Morgan fingerprint density at radius 3 is 2.39 bits per heavy atom. The third-order valence-corrected chi connectivity index (χ3v) is 3.51. The van der Waals surface area contributed by atoms with Crippen LogP contribution in [0.3, 0.4) is 0 Å². The molecule has 0 spiro atoms. The molecule has 0 aromatic heterocycles. The minimum absolute atomic E-state index is 0.298. The Hall–Kier alpha value is -2.34. The van der Waals surface area contributed by atoms with Gasteiger partial charge in [0, 0.05) is 12.1 Å². The van der Waals surface area contributed by atoms with Crippen molar-refractivity contribution in [3.8, 4) is 0 Å². The molecule has 6 heteroatoms. The zero-order chi connectivity index (χ0) is 17.0. The lowest BCUT2D eigenvalue weighted by molar-refractivity contribution is -0.137. The second kappa shape index (κ2) is 6.83. The maximum absolute atomic E-state index is 12.5. The molecule has 0 heterocycles. The zero-order valence-corrected chi connectivity index (χ0v) is 12.5. The second-order valence-corrected chi connectivity index (χ2v) is 5.22. The van der Waals surface area contributed by atoms with Gasteiger partial charge in [0.05, 0.1) is 11.6 Å². The van der Waals surface area contributed by atoms with Gasteiger partial charge < -0.3 is 11.1 Å². The van der Waals surface area contributed by atoms with Crippen LogP contribution in [-0.2, 0) is 12.7 Å². The van der Waals surface area contributed by atoms with E-state index in [0.717, 1.165) is 17.7 Å². The third-order valence-electron chi connectivity index (χ3n) is 3.51. The summed E-state index contributed by atoms with van der Waals surface area (Å²) in [6.45, 7) is 2.04. The molecule has 0 aliphatic heterocycles. The fraction of sp³-hybridized carbons (Fsp3) is 0.235. The van der Waals surface area contributed by atoms with Crippen molar-refractivity contribution >= 4 is 5.91 Å². The van der Waals surface area contributed by atoms with Crippen LogP contribution in [0.2, 0.25) is 0 Å². The van der Waals surface area contributed by atoms with Gasteiger partial charge in [-0.15, -0.1) is 0 Å². The lowest BCUT2D eigenvalue weighted by Gasteiger charge is -2.16. The predicted molar refractivity (Wildman–Crippen MR) is 81.7 cm³/mol. The van der Waals surface area contributed by atoms with Crippen molar-refractivity contribution < 1.29 is 18.0 Å². The molecule has 23 heavy (non-hydrogen) atoms. The standard InChI is InChI=1S/C17H17F3N2O/c1-11(13-5-7-15(8-6-13)17(18,19)20)22-16(23)14-4-2-3-12(9-14)10-21/h2-9,11H,10,21H2,1H3,(H,22,23)/t11-/m1/s1. The quantitative estimate of drug-likeness (QED) is 0.902. The summed E-state index contributed by atoms with van der Waals surface area (Å²) in [4.78, 5) is 12.2. The Balaban J connectivity index is 2.09. The molecule has 0 aliphatic rings. The maximum atomic E-state index is 12.5. The number of alkyl halides is 3. The molecule has 1 atom stereocenters. The first kappa shape index (κ1) is 17.0. The zero-order valence-electron chi connectivity index (χ0n) is 12.5. The van der Waals surface area contributed by atoms with Crippen molar-refractivity contribution in [1.82, 2.24) is 5.32 Å². The fourth-order valence-electron chi connectivity index (χ4n) is 2.16. The summed E-state index contributed by atoms with van der Waals surface area (Å²) in [5.74, 6) is -0.298. The molecule has 2 rings (SSSR count). The number of carbonyl (C=O) groups is 1. The van der Waals surface area contributed by atoms with Gasteiger partial charge in [0.2, 0.25) is 0 Å². The smallest absolute Gasteiger partial charge is 0.346 e. The summed E-state index contributed by atoms with van der Waals surface area (Å²) in [5, 5.41) is 2.76. The molecule has 0 unspecified atom stereocenters. The van der Waals surface area contributed by atoms with E-state index in [1.807, 2.05) is 6.07 Å². The average molecular weight is 322 g/mol. The minimum Gasteiger partial charge on any atom is -0.346 e. The number of amides is 1. The maximum Gasteiger partial charge on any atom is 0.416 e. The van der Waals surface area contributed by atoms with Crippen molar-refractivity contribution in [2.75, 3.05) is 0 Å². The van der Waals surface area contributed by atoms with Crippen LogP contribution >= 0.6 is 0 Å². The van der Waals surface area contributed by atoms with Crippen molar-refractivity contribution in [3.63, 3.8) is 0 Å². The summed E-state index contributed by atoms with van der Waals surface area (Å²) < 4.78 is 37.6. The summed E-state index contributed by atoms with van der Waals surface area (Å²) in [6.07, 6.45) is -4.37. The highest BCUT2D eigenvalue weighted by Crippen LogP contribution is 2.29. The molecule has 2 aromatic carbocycles. The van der Waals surface area contributed by atoms with E-state index in [0.29, 0.717) is 17.7 Å². The van der Waals surface area contributed by atoms with Gasteiger partial charge in [-0.2, -0.15) is 13.2 Å². The summed E-state index contributed by atoms with van der Waals surface area (Å²) in [7, 11) is 0. The first-order valence-electron chi connectivity index (χ1n) is 7.08. The van der Waals surface area contributed by atoms with Crippen LogP contribution in [0, 0.1) is 0 Å². The van der Waals surface area contributed by atoms with Gasteiger partial charge in [0.25, 0.3) is 5.91 Å². The Kier molecular flexibility index (Phi) is 5.05. The fourth-order valence-corrected chi connectivity index (χ4v) is 2.16. The van der Waals surface area contributed by atoms with E-state index in [-0.39, 0.29) is 5.91 Å². The van der Waals surface area contributed by atoms with Gasteiger partial charge in [0.15, 0.2) is 0 Å². The summed E-state index contributed by atoms with van der Waals surface area (Å²) in [6, 6.07) is 11.2. The molecule has 2 aromatic rings. The van der Waals surface area contributed by atoms with Crippen molar-refractivity contribution in [3.05, 3.63) is 70.8 Å². The lowest BCUT2D eigenvalue weighted by atomic mass is 10.0. The monoisotopic (exact) mass is 322 g/mol. The average Bonchev–Trinajstić information content (AvgIpc) is 2.54. The van der Waals surface area contributed by atoms with Crippen molar-refractivity contribution in [2.45, 2.75) is 25.7 Å². The first-order chi connectivity index (χ1) is 10.8. The molecule has 1 amide bonds. The van der Waals surface area contributed by atoms with E-state index in [4.69, 9.17) is 5.73 Å². The second-order valence-electron chi connectivity index (χ2n) is 5.22. The Bertz CT molecular complexity index is 681. The van der Waals surface area contributed by atoms with Crippen LogP contribution in [0.4, 0.5) is 13.2 Å². The highest BCUT2D eigenvalue weighted by Gasteiger charge is 2.30. The normalized spacial score (nSPS) is 12.7. The lowest BCUT2D eigenvalue weighted by Crippen LogP contribution is -2.26. The highest BCUT2D eigenvalue weighted by molar-refractivity contribution is 5.94. The van der Waals surface area contributed by atoms with Gasteiger partial charge in [-0.05, 0) is 42.3 Å². The van der Waals surface area contributed by atoms with Crippen LogP contribution in [0.25, 0.3) is 0 Å². The van der Waals surface area contributed by atoms with Crippen LogP contribution in [0.1, 0.15) is 40.0 Å². The minimum atomic E-state index is -4.37. The molecule has 0 aliphatic carbocycles. The van der Waals surface area contributed by atoms with Gasteiger partial charge in [-0.1, -0.05) is 24.3 Å². The van der Waals surface area contributed by atoms with Crippen LogP contribution in [0.15, 0.2) is 48.5 Å². The molecular formula is C17H17F3N2O. The van der Waals surface area contributed by atoms with E-state index in [9.17, 15) is 18.0 Å². The Morgan fingerprint density at radius 2 is 1.83 bits per heavy atom. The summed E-state index contributed by atoms with van der Waals surface area (Å²) in [5.41, 5.74) is 6.72. The highest BCUT2D eigenvalue weighted by atomic mass is 19.4. The third kappa shape index (κ3) is 4.32. The van der Waals surface area contributed by atoms with E-state index in [1.54, 1.807) is 25.1 Å². The number of rotatable bonds is 4. The van der Waals surface area contributed by atoms with E-state index < -0.39 is 17.8 Å². The van der Waals surface area contributed by atoms with E-state index in [1.165, 1.54) is 12.1 Å². The molecule has 0 saturated heterocycles. The van der Waals surface area contributed by atoms with Crippen molar-refractivity contribution in [1.29, 1.82) is 0 Å². The van der Waals surface area contributed by atoms with Gasteiger partial charge in [0.1, 0.15) is 0 Å². The molecule has 0 radical (unpaired) electrons. The van der Waals surface area contributed by atoms with E-state index >= 15 is 0 Å². The Morgan fingerprint density at radius 1 is 1.17 bits per heavy atom. The molecule has 0 saturated carbocycles. The van der Waals surface area contributed by atoms with Crippen LogP contribution in [0.5, 0.6) is 0 Å². The topological polar surface area (TPSA) is 55.1 Å². The first-order valence-corrected chi connectivity index (χ1v) is 7.08. The SMILES string of the molecule is C[C@@H](NC(=O)c1cccc(CN)c1)c1ccc(C(F)(F)F)cc1. The number of benzene rings is 2. The largest absolute Gasteiger partial charge is 0.416 e. The van der Waals surface area contributed by atoms with E-state index in [2.05, 4.69) is 5.32 Å². The number of halogens is 3. The Labute approximate surface area is 132 Å². The molecule has 0 bridgehead atoms. The van der Waals surface area contributed by atoms with Gasteiger partial charge >= 0.3 is 6.18 Å². The molecule has 3 nitrogen and oxygen atoms in total. The number of nitrogens with one attached hydrogen (secondary N) is 1. The molecular weight excluding hydrogens is 305 g/mol. The number of hydrogen-bond acceptors (Lipinski definition) is 2. The molecule has 3 N–H and O–H groups in total. The van der Waals surface area contributed by atoms with Gasteiger partial charge in [-0.3, -0.25) is 4.79 Å². The van der Waals surface area contributed by atoms with Crippen LogP contribution in [-0.4, -0.2) is 5.91 Å². The van der Waals surface area contributed by atoms with Crippen LogP contribution < -0.4 is 11.1 Å². The number of carbonyl (C=O) groups excluding carboxylic acids is 1. The van der Waals surface area contributed by atoms with Gasteiger partial charge in [-0.25, -0.2) is 0 Å². The number of nitrogens with two attached hydrogens (primary N) is 1. The number of hydrogen-bond donors (Lipinski definition) is 2. The van der Waals surface area contributed by atoms with Crippen molar-refractivity contribution in [2.24, 2.45) is 5.73 Å². The molecule has 122 valence electrons. The predicted octanol–water partition coefficient (Wildman–Crippen LogP) is 3.66.